The fraction of sp³-hybridized carbons (Fsp3) is 0.286. The highest BCUT2D eigenvalue weighted by molar-refractivity contribution is 7.11. The van der Waals surface area contributed by atoms with Gasteiger partial charge in [0.1, 0.15) is 10.7 Å². The van der Waals surface area contributed by atoms with E-state index in [0.29, 0.717) is 34.2 Å². The Balaban J connectivity index is 1.53. The monoisotopic (exact) mass is 425 g/mol. The summed E-state index contributed by atoms with van der Waals surface area (Å²) >= 11 is 1.33. The molecule has 9 heteroatoms. The van der Waals surface area contributed by atoms with Crippen LogP contribution in [0.2, 0.25) is 0 Å². The number of amides is 2. The summed E-state index contributed by atoms with van der Waals surface area (Å²) in [4.78, 5) is 41.0. The highest BCUT2D eigenvalue weighted by Gasteiger charge is 2.34. The molecule has 0 saturated carbocycles. The van der Waals surface area contributed by atoms with Gasteiger partial charge in [-0.1, -0.05) is 0 Å². The van der Waals surface area contributed by atoms with Gasteiger partial charge in [-0.05, 0) is 51.0 Å². The number of anilines is 1. The normalized spacial score (nSPS) is 16.0. The van der Waals surface area contributed by atoms with Crippen molar-refractivity contribution in [3.63, 3.8) is 0 Å². The molecule has 30 heavy (non-hydrogen) atoms. The zero-order valence-electron chi connectivity index (χ0n) is 16.6. The van der Waals surface area contributed by atoms with Crippen molar-refractivity contribution in [3.05, 3.63) is 69.4 Å². The van der Waals surface area contributed by atoms with E-state index in [1.165, 1.54) is 41.8 Å². The standard InChI is InChI=1S/C21H20FN5O2S/c1-12-16(20(28)26-15-7-5-14(22)6-8-15)10-23-19(25-12)17-4-3-9-27(17)21(29)18-13(2)24-11-30-18/h5-8,10-11,17H,3-4,9H2,1-2H3,(H,26,28)/t17-/m1/s1. The number of nitrogens with one attached hydrogen (secondary N) is 1. The molecule has 1 aliphatic heterocycles. The molecule has 7 nitrogen and oxygen atoms in total. The number of benzene rings is 1. The molecule has 0 spiro atoms. The van der Waals surface area contributed by atoms with E-state index in [0.717, 1.165) is 18.5 Å². The second-order valence-electron chi connectivity index (χ2n) is 7.11. The van der Waals surface area contributed by atoms with Crippen LogP contribution in [0.1, 0.15) is 56.1 Å². The number of thiazole rings is 1. The lowest BCUT2D eigenvalue weighted by Gasteiger charge is -2.23. The molecule has 1 atom stereocenters. The third-order valence-corrected chi connectivity index (χ3v) is 6.01. The van der Waals surface area contributed by atoms with Crippen molar-refractivity contribution < 1.29 is 14.0 Å². The SMILES string of the molecule is Cc1nc([C@H]2CCCN2C(=O)c2scnc2C)ncc1C(=O)Nc1ccc(F)cc1. The van der Waals surface area contributed by atoms with Crippen LogP contribution in [-0.4, -0.2) is 38.2 Å². The van der Waals surface area contributed by atoms with Gasteiger partial charge in [-0.2, -0.15) is 0 Å². The van der Waals surface area contributed by atoms with Gasteiger partial charge >= 0.3 is 0 Å². The van der Waals surface area contributed by atoms with E-state index >= 15 is 0 Å². The van der Waals surface area contributed by atoms with Gasteiger partial charge in [0.15, 0.2) is 5.82 Å². The Hall–Kier alpha value is -3.20. The molecule has 0 aliphatic carbocycles. The van der Waals surface area contributed by atoms with E-state index < -0.39 is 0 Å². The summed E-state index contributed by atoms with van der Waals surface area (Å²) in [6, 6.07) is 5.30. The molecule has 3 aromatic rings. The van der Waals surface area contributed by atoms with Gasteiger partial charge in [-0.3, -0.25) is 9.59 Å². The minimum atomic E-state index is -0.374. The van der Waals surface area contributed by atoms with Crippen molar-refractivity contribution in [2.75, 3.05) is 11.9 Å². The number of rotatable bonds is 4. The van der Waals surface area contributed by atoms with E-state index in [9.17, 15) is 14.0 Å². The van der Waals surface area contributed by atoms with Crippen molar-refractivity contribution in [2.24, 2.45) is 0 Å². The minimum Gasteiger partial charge on any atom is -0.328 e. The molecule has 3 heterocycles. The summed E-state index contributed by atoms with van der Waals surface area (Å²) in [5, 5.41) is 2.71. The van der Waals surface area contributed by atoms with Crippen LogP contribution in [0.15, 0.2) is 36.0 Å². The average molecular weight is 425 g/mol. The van der Waals surface area contributed by atoms with E-state index in [1.807, 2.05) is 6.92 Å². The molecule has 2 amide bonds. The van der Waals surface area contributed by atoms with Gasteiger partial charge in [-0.15, -0.1) is 11.3 Å². The molecular formula is C21H20FN5O2S. The van der Waals surface area contributed by atoms with Crippen LogP contribution in [-0.2, 0) is 0 Å². The molecule has 1 fully saturated rings. The maximum Gasteiger partial charge on any atom is 0.266 e. The van der Waals surface area contributed by atoms with Crippen LogP contribution in [0.3, 0.4) is 0 Å². The fourth-order valence-electron chi connectivity index (χ4n) is 3.52. The maximum absolute atomic E-state index is 13.0. The first kappa shape index (κ1) is 20.1. The fourth-order valence-corrected chi connectivity index (χ4v) is 4.27. The van der Waals surface area contributed by atoms with Crippen molar-refractivity contribution in [1.29, 1.82) is 0 Å². The first-order valence-corrected chi connectivity index (χ1v) is 10.4. The molecule has 0 radical (unpaired) electrons. The summed E-state index contributed by atoms with van der Waals surface area (Å²) in [6.45, 7) is 4.19. The molecule has 1 N–H and O–H groups in total. The molecule has 4 rings (SSSR count). The zero-order valence-corrected chi connectivity index (χ0v) is 17.4. The smallest absolute Gasteiger partial charge is 0.266 e. The zero-order chi connectivity index (χ0) is 21.3. The topological polar surface area (TPSA) is 88.1 Å². The number of hydrogen-bond donors (Lipinski definition) is 1. The van der Waals surface area contributed by atoms with Crippen LogP contribution in [0, 0.1) is 19.7 Å². The highest BCUT2D eigenvalue weighted by Crippen LogP contribution is 2.32. The molecular weight excluding hydrogens is 405 g/mol. The summed E-state index contributed by atoms with van der Waals surface area (Å²) in [5.74, 6) is -0.276. The Morgan fingerprint density at radius 1 is 1.17 bits per heavy atom. The Bertz CT molecular complexity index is 1100. The van der Waals surface area contributed by atoms with E-state index in [1.54, 1.807) is 17.3 Å². The van der Waals surface area contributed by atoms with E-state index in [2.05, 4.69) is 20.3 Å². The molecule has 1 saturated heterocycles. The van der Waals surface area contributed by atoms with Crippen LogP contribution in [0.5, 0.6) is 0 Å². The van der Waals surface area contributed by atoms with Gasteiger partial charge in [0.2, 0.25) is 0 Å². The number of carbonyl (C=O) groups excluding carboxylic acids is 2. The molecule has 0 bridgehead atoms. The predicted octanol–water partition coefficient (Wildman–Crippen LogP) is 3.92. The van der Waals surface area contributed by atoms with Gasteiger partial charge in [0.05, 0.1) is 28.5 Å². The van der Waals surface area contributed by atoms with E-state index in [-0.39, 0.29) is 23.7 Å². The van der Waals surface area contributed by atoms with Gasteiger partial charge in [-0.25, -0.2) is 19.3 Å². The van der Waals surface area contributed by atoms with Crippen molar-refractivity contribution in [1.82, 2.24) is 19.9 Å². The molecule has 2 aromatic heterocycles. The summed E-state index contributed by atoms with van der Waals surface area (Å²) in [6.07, 6.45) is 3.11. The quantitative estimate of drug-likeness (QED) is 0.685. The Labute approximate surface area is 177 Å². The molecule has 154 valence electrons. The minimum absolute atomic E-state index is 0.0584. The van der Waals surface area contributed by atoms with Gasteiger partial charge in [0.25, 0.3) is 11.8 Å². The summed E-state index contributed by atoms with van der Waals surface area (Å²) in [5.41, 5.74) is 3.73. The third kappa shape index (κ3) is 3.93. The van der Waals surface area contributed by atoms with Crippen LogP contribution in [0.25, 0.3) is 0 Å². The molecule has 1 aliphatic rings. The number of aryl methyl sites for hydroxylation is 2. The maximum atomic E-state index is 13.0. The van der Waals surface area contributed by atoms with Crippen LogP contribution < -0.4 is 5.32 Å². The number of likely N-dealkylation sites (tertiary alicyclic amines) is 1. The van der Waals surface area contributed by atoms with E-state index in [4.69, 9.17) is 0 Å². The second-order valence-corrected chi connectivity index (χ2v) is 7.97. The number of carbonyl (C=O) groups is 2. The lowest BCUT2D eigenvalue weighted by molar-refractivity contribution is 0.0733. The predicted molar refractivity (Wildman–Crippen MR) is 111 cm³/mol. The van der Waals surface area contributed by atoms with Crippen molar-refractivity contribution in [3.8, 4) is 0 Å². The first-order chi connectivity index (χ1) is 14.4. The lowest BCUT2D eigenvalue weighted by atomic mass is 10.1. The van der Waals surface area contributed by atoms with Crippen LogP contribution >= 0.6 is 11.3 Å². The Kier molecular flexibility index (Phi) is 5.54. The van der Waals surface area contributed by atoms with Gasteiger partial charge < -0.3 is 10.2 Å². The number of aromatic nitrogens is 3. The number of halogens is 1. The van der Waals surface area contributed by atoms with Crippen LogP contribution in [0.4, 0.5) is 10.1 Å². The lowest BCUT2D eigenvalue weighted by Crippen LogP contribution is -2.31. The second kappa shape index (κ2) is 8.27. The molecule has 1 aromatic carbocycles. The van der Waals surface area contributed by atoms with Crippen molar-refractivity contribution >= 4 is 28.8 Å². The third-order valence-electron chi connectivity index (χ3n) is 5.10. The summed E-state index contributed by atoms with van der Waals surface area (Å²) < 4.78 is 13.0. The summed E-state index contributed by atoms with van der Waals surface area (Å²) in [7, 11) is 0. The Morgan fingerprint density at radius 2 is 1.93 bits per heavy atom. The number of hydrogen-bond acceptors (Lipinski definition) is 6. The Morgan fingerprint density at radius 3 is 2.60 bits per heavy atom. The number of nitrogens with zero attached hydrogens (tertiary/aromatic N) is 4. The van der Waals surface area contributed by atoms with Crippen molar-refractivity contribution in [2.45, 2.75) is 32.7 Å². The highest BCUT2D eigenvalue weighted by atomic mass is 32.1. The average Bonchev–Trinajstić information content (AvgIpc) is 3.38. The largest absolute Gasteiger partial charge is 0.328 e. The van der Waals surface area contributed by atoms with Gasteiger partial charge in [0, 0.05) is 18.4 Å². The first-order valence-electron chi connectivity index (χ1n) is 9.55. The molecule has 0 unspecified atom stereocenters.